The van der Waals surface area contributed by atoms with E-state index in [9.17, 15) is 0 Å². The molecule has 0 fully saturated rings. The van der Waals surface area contributed by atoms with E-state index in [2.05, 4.69) is 35.8 Å². The molecule has 16 heavy (non-hydrogen) atoms. The summed E-state index contributed by atoms with van der Waals surface area (Å²) in [7, 11) is 0. The Hall–Kier alpha value is -1.61. The van der Waals surface area contributed by atoms with Gasteiger partial charge >= 0.3 is 0 Å². The third-order valence-electron chi connectivity index (χ3n) is 1.89. The van der Waals surface area contributed by atoms with Crippen LogP contribution in [0.4, 0.5) is 0 Å². The van der Waals surface area contributed by atoms with Crippen LogP contribution in [0.15, 0.2) is 30.5 Å². The molecule has 2 aromatic rings. The highest BCUT2D eigenvalue weighted by atomic mass is 16.1. The SMILES string of the molecule is CC.Cc1c[nH]c2ccccc12.NCC=O.[HH].[HH]. The minimum atomic E-state index is 0. The molecule has 0 radical (unpaired) electrons. The molecule has 92 valence electrons. The van der Waals surface area contributed by atoms with Crippen molar-refractivity contribution < 1.29 is 7.65 Å². The summed E-state index contributed by atoms with van der Waals surface area (Å²) in [5, 5.41) is 1.32. The number of benzene rings is 1. The molecule has 1 heterocycles. The normalized spacial score (nSPS) is 8.50. The summed E-state index contributed by atoms with van der Waals surface area (Å²) in [6, 6.07) is 8.31. The number of rotatable bonds is 1. The lowest BCUT2D eigenvalue weighted by Crippen LogP contribution is -1.97. The number of H-pyrrole nitrogens is 1. The highest BCUT2D eigenvalue weighted by Crippen LogP contribution is 2.15. The molecule has 3 nitrogen and oxygen atoms in total. The maximum absolute atomic E-state index is 9.05. The fourth-order valence-electron chi connectivity index (χ4n) is 1.22. The van der Waals surface area contributed by atoms with Crippen LogP contribution in [0.5, 0.6) is 0 Å². The lowest BCUT2D eigenvalue weighted by molar-refractivity contribution is -0.106. The first-order valence-electron chi connectivity index (χ1n) is 5.46. The predicted octanol–water partition coefficient (Wildman–Crippen LogP) is 3.14. The minimum Gasteiger partial charge on any atom is -0.361 e. The maximum atomic E-state index is 9.05. The van der Waals surface area contributed by atoms with Gasteiger partial charge in [-0.15, -0.1) is 0 Å². The molecule has 0 spiro atoms. The summed E-state index contributed by atoms with van der Waals surface area (Å²) >= 11 is 0. The number of aldehydes is 1. The van der Waals surface area contributed by atoms with E-state index >= 15 is 0 Å². The van der Waals surface area contributed by atoms with Crippen LogP contribution in [0, 0.1) is 6.92 Å². The van der Waals surface area contributed by atoms with Crippen molar-refractivity contribution in [3.8, 4) is 0 Å². The van der Waals surface area contributed by atoms with Crippen molar-refractivity contribution in [1.82, 2.24) is 4.98 Å². The van der Waals surface area contributed by atoms with Crippen LogP contribution in [0.2, 0.25) is 0 Å². The van der Waals surface area contributed by atoms with Crippen LogP contribution in [-0.2, 0) is 4.79 Å². The lowest BCUT2D eigenvalue weighted by Gasteiger charge is -1.86. The summed E-state index contributed by atoms with van der Waals surface area (Å²) in [5.74, 6) is 0. The second-order valence-corrected chi connectivity index (χ2v) is 2.92. The van der Waals surface area contributed by atoms with Gasteiger partial charge in [0.05, 0.1) is 0 Å². The Morgan fingerprint density at radius 1 is 1.38 bits per heavy atom. The van der Waals surface area contributed by atoms with Gasteiger partial charge in [0.15, 0.2) is 0 Å². The third kappa shape index (κ3) is 4.28. The van der Waals surface area contributed by atoms with E-state index in [4.69, 9.17) is 4.79 Å². The van der Waals surface area contributed by atoms with Crippen molar-refractivity contribution in [3.05, 3.63) is 36.0 Å². The van der Waals surface area contributed by atoms with E-state index in [0.29, 0.717) is 6.29 Å². The zero-order valence-electron chi connectivity index (χ0n) is 10.2. The van der Waals surface area contributed by atoms with E-state index in [1.54, 1.807) is 0 Å². The van der Waals surface area contributed by atoms with Crippen molar-refractivity contribution in [2.24, 2.45) is 5.73 Å². The Balaban J connectivity index is -0.000000248. The number of nitrogens with two attached hydrogens (primary N) is 1. The number of fused-ring (bicyclic) bond motifs is 1. The van der Waals surface area contributed by atoms with E-state index in [1.807, 2.05) is 26.1 Å². The monoisotopic (exact) mass is 224 g/mol. The van der Waals surface area contributed by atoms with Gasteiger partial charge in [0.1, 0.15) is 6.29 Å². The summed E-state index contributed by atoms with van der Waals surface area (Å²) in [6.45, 7) is 6.25. The van der Waals surface area contributed by atoms with Gasteiger partial charge in [-0.05, 0) is 18.6 Å². The fourth-order valence-corrected chi connectivity index (χ4v) is 1.22. The van der Waals surface area contributed by atoms with Crippen molar-refractivity contribution in [2.45, 2.75) is 20.8 Å². The Bertz CT molecular complexity index is 416. The Morgan fingerprint density at radius 2 is 1.94 bits per heavy atom. The number of carbonyl (C=O) groups excluding carboxylic acids is 1. The van der Waals surface area contributed by atoms with Crippen LogP contribution in [0.1, 0.15) is 22.3 Å². The minimum absolute atomic E-state index is 0. The summed E-state index contributed by atoms with van der Waals surface area (Å²) in [6.07, 6.45) is 2.69. The van der Waals surface area contributed by atoms with Crippen molar-refractivity contribution >= 4 is 17.2 Å². The van der Waals surface area contributed by atoms with Crippen LogP contribution >= 0.6 is 0 Å². The predicted molar refractivity (Wildman–Crippen MR) is 73.7 cm³/mol. The molecule has 0 bridgehead atoms. The lowest BCUT2D eigenvalue weighted by atomic mass is 10.2. The maximum Gasteiger partial charge on any atom is 0.133 e. The summed E-state index contributed by atoms with van der Waals surface area (Å²) in [4.78, 5) is 12.2. The number of aromatic amines is 1. The number of para-hydroxylation sites is 1. The molecular formula is C13H24N2O. The molecule has 3 heteroatoms. The Morgan fingerprint density at radius 3 is 2.44 bits per heavy atom. The first-order valence-corrected chi connectivity index (χ1v) is 5.46. The summed E-state index contributed by atoms with van der Waals surface area (Å²) < 4.78 is 0. The molecular weight excluding hydrogens is 200 g/mol. The molecule has 0 aliphatic rings. The average Bonchev–Trinajstić information content (AvgIpc) is 2.75. The quantitative estimate of drug-likeness (QED) is 0.731. The van der Waals surface area contributed by atoms with Crippen molar-refractivity contribution in [2.75, 3.05) is 6.54 Å². The van der Waals surface area contributed by atoms with E-state index in [-0.39, 0.29) is 9.40 Å². The number of carbonyl (C=O) groups is 1. The molecule has 0 unspecified atom stereocenters. The molecule has 3 N–H and O–H groups in total. The fraction of sp³-hybridized carbons (Fsp3) is 0.308. The second kappa shape index (κ2) is 8.68. The van der Waals surface area contributed by atoms with Gasteiger partial charge in [0.2, 0.25) is 0 Å². The van der Waals surface area contributed by atoms with E-state index in [0.717, 1.165) is 0 Å². The van der Waals surface area contributed by atoms with Gasteiger partial charge in [0.25, 0.3) is 0 Å². The van der Waals surface area contributed by atoms with Crippen LogP contribution < -0.4 is 5.73 Å². The highest BCUT2D eigenvalue weighted by molar-refractivity contribution is 5.82. The smallest absolute Gasteiger partial charge is 0.133 e. The molecule has 1 aromatic heterocycles. The first-order chi connectivity index (χ1) is 7.79. The molecule has 0 aliphatic carbocycles. The van der Waals surface area contributed by atoms with E-state index in [1.165, 1.54) is 16.5 Å². The van der Waals surface area contributed by atoms with Gasteiger partial charge in [-0.3, -0.25) is 0 Å². The zero-order valence-corrected chi connectivity index (χ0v) is 10.2. The highest BCUT2D eigenvalue weighted by Gasteiger charge is 1.94. The van der Waals surface area contributed by atoms with Crippen LogP contribution in [0.25, 0.3) is 10.9 Å². The first kappa shape index (κ1) is 14.4. The topological polar surface area (TPSA) is 58.9 Å². The number of aromatic nitrogens is 1. The van der Waals surface area contributed by atoms with Gasteiger partial charge in [-0.2, -0.15) is 0 Å². The molecule has 1 aromatic carbocycles. The van der Waals surface area contributed by atoms with Crippen LogP contribution in [-0.4, -0.2) is 17.8 Å². The second-order valence-electron chi connectivity index (χ2n) is 2.92. The molecule has 2 rings (SSSR count). The Labute approximate surface area is 99.6 Å². The van der Waals surface area contributed by atoms with Crippen molar-refractivity contribution in [3.63, 3.8) is 0 Å². The van der Waals surface area contributed by atoms with Gasteiger partial charge < -0.3 is 15.5 Å². The van der Waals surface area contributed by atoms with E-state index < -0.39 is 0 Å². The van der Waals surface area contributed by atoms with Gasteiger partial charge in [-0.25, -0.2) is 0 Å². The average molecular weight is 224 g/mol. The largest absolute Gasteiger partial charge is 0.361 e. The molecule has 0 saturated carbocycles. The van der Waals surface area contributed by atoms with Crippen LogP contribution in [0.3, 0.4) is 0 Å². The molecule has 0 saturated heterocycles. The Kier molecular flexibility index (Phi) is 7.81. The number of nitrogens with one attached hydrogen (secondary N) is 1. The number of hydrogen-bond acceptors (Lipinski definition) is 2. The molecule has 0 atom stereocenters. The van der Waals surface area contributed by atoms with Gasteiger partial charge in [0, 0.05) is 26.5 Å². The zero-order chi connectivity index (χ0) is 12.4. The van der Waals surface area contributed by atoms with Crippen molar-refractivity contribution in [1.29, 1.82) is 0 Å². The third-order valence-corrected chi connectivity index (χ3v) is 1.89. The number of aryl methyl sites for hydroxylation is 1. The van der Waals surface area contributed by atoms with Gasteiger partial charge in [-0.1, -0.05) is 32.0 Å². The summed E-state index contributed by atoms with van der Waals surface area (Å²) in [5.41, 5.74) is 7.20. The number of hydrogen-bond donors (Lipinski definition) is 2. The standard InChI is InChI=1S/C9H9N.C2H5NO.C2H6.2H2/c1-7-6-10-9-5-3-2-4-8(7)9;3-1-2-4;1-2;;/h2-6,10H,1H3;2H,1,3H2;1-2H3;2*1H. The molecule has 0 amide bonds. The molecule has 0 aliphatic heterocycles.